The Balaban J connectivity index is 2.42. The smallest absolute Gasteiger partial charge is 0.221 e. The van der Waals surface area contributed by atoms with Crippen LogP contribution in [-0.2, 0) is 9.53 Å². The molecule has 0 atom stereocenters. The Morgan fingerprint density at radius 2 is 1.95 bits per heavy atom. The lowest BCUT2D eigenvalue weighted by atomic mass is 10.2. The van der Waals surface area contributed by atoms with E-state index in [1.165, 1.54) is 0 Å². The number of methoxy groups -OCH3 is 3. The van der Waals surface area contributed by atoms with Crippen molar-refractivity contribution in [2.24, 2.45) is 0 Å². The maximum atomic E-state index is 11.5. The van der Waals surface area contributed by atoms with Gasteiger partial charge in [-0.1, -0.05) is 0 Å². The number of hydrogen-bond donors (Lipinski definition) is 2. The molecule has 0 saturated carbocycles. The van der Waals surface area contributed by atoms with Gasteiger partial charge in [-0.05, 0) is 12.1 Å². The predicted octanol–water partition coefficient (Wildman–Crippen LogP) is 1.27. The Labute approximate surface area is 119 Å². The van der Waals surface area contributed by atoms with E-state index in [4.69, 9.17) is 14.2 Å². The molecule has 0 heterocycles. The van der Waals surface area contributed by atoms with Crippen LogP contribution in [0.15, 0.2) is 18.2 Å². The number of carbonyl (C=O) groups excluding carboxylic acids is 1. The molecule has 6 nitrogen and oxygen atoms in total. The maximum Gasteiger partial charge on any atom is 0.221 e. The largest absolute Gasteiger partial charge is 0.497 e. The van der Waals surface area contributed by atoms with Gasteiger partial charge in [0.05, 0.1) is 26.5 Å². The molecule has 1 aromatic rings. The molecular formula is C14H22N2O4. The highest BCUT2D eigenvalue weighted by Crippen LogP contribution is 2.28. The summed E-state index contributed by atoms with van der Waals surface area (Å²) >= 11 is 0. The van der Waals surface area contributed by atoms with E-state index in [9.17, 15) is 4.79 Å². The maximum absolute atomic E-state index is 11.5. The van der Waals surface area contributed by atoms with Gasteiger partial charge in [0, 0.05) is 32.7 Å². The molecule has 1 rings (SSSR count). The lowest BCUT2D eigenvalue weighted by Gasteiger charge is -2.12. The first-order valence-corrected chi connectivity index (χ1v) is 6.42. The Morgan fingerprint density at radius 3 is 2.60 bits per heavy atom. The Bertz CT molecular complexity index is 424. The zero-order chi connectivity index (χ0) is 14.8. The molecule has 0 unspecified atom stereocenters. The molecule has 2 N–H and O–H groups in total. The van der Waals surface area contributed by atoms with Gasteiger partial charge < -0.3 is 24.8 Å². The molecule has 0 saturated heterocycles. The first-order chi connectivity index (χ1) is 9.71. The molecule has 1 amide bonds. The average molecular weight is 282 g/mol. The zero-order valence-electron chi connectivity index (χ0n) is 12.2. The molecule has 0 aliphatic rings. The predicted molar refractivity (Wildman–Crippen MR) is 77.5 cm³/mol. The van der Waals surface area contributed by atoms with Gasteiger partial charge in [0.2, 0.25) is 5.91 Å². The molecule has 1 aromatic carbocycles. The molecule has 0 aromatic heterocycles. The van der Waals surface area contributed by atoms with Gasteiger partial charge >= 0.3 is 0 Å². The van der Waals surface area contributed by atoms with Gasteiger partial charge in [-0.25, -0.2) is 0 Å². The van der Waals surface area contributed by atoms with Gasteiger partial charge in [-0.3, -0.25) is 4.79 Å². The quantitative estimate of drug-likeness (QED) is 0.668. The lowest BCUT2D eigenvalue weighted by Crippen LogP contribution is -2.28. The highest BCUT2D eigenvalue weighted by Gasteiger charge is 2.06. The summed E-state index contributed by atoms with van der Waals surface area (Å²) in [6.07, 6.45) is 0.379. The highest BCUT2D eigenvalue weighted by atomic mass is 16.5. The normalized spacial score (nSPS) is 9.95. The minimum atomic E-state index is -0.0172. The second kappa shape index (κ2) is 9.03. The first-order valence-electron chi connectivity index (χ1n) is 6.42. The highest BCUT2D eigenvalue weighted by molar-refractivity contribution is 5.76. The summed E-state index contributed by atoms with van der Waals surface area (Å²) < 4.78 is 15.3. The Hall–Kier alpha value is -1.95. The molecule has 112 valence electrons. The fourth-order valence-electron chi connectivity index (χ4n) is 1.64. The van der Waals surface area contributed by atoms with Gasteiger partial charge in [0.25, 0.3) is 0 Å². The third-order valence-electron chi connectivity index (χ3n) is 2.70. The third kappa shape index (κ3) is 5.36. The average Bonchev–Trinajstić information content (AvgIpc) is 2.47. The van der Waals surface area contributed by atoms with Crippen molar-refractivity contribution in [3.8, 4) is 11.5 Å². The van der Waals surface area contributed by atoms with Crippen LogP contribution in [0.4, 0.5) is 5.69 Å². The van der Waals surface area contributed by atoms with Crippen LogP contribution in [0.3, 0.4) is 0 Å². The topological polar surface area (TPSA) is 68.8 Å². The number of ether oxygens (including phenoxy) is 3. The minimum Gasteiger partial charge on any atom is -0.497 e. The number of amides is 1. The van der Waals surface area contributed by atoms with E-state index >= 15 is 0 Å². The molecule has 0 aliphatic heterocycles. The van der Waals surface area contributed by atoms with E-state index in [1.807, 2.05) is 18.2 Å². The molecule has 6 heteroatoms. The summed E-state index contributed by atoms with van der Waals surface area (Å²) in [4.78, 5) is 11.5. The lowest BCUT2D eigenvalue weighted by molar-refractivity contribution is -0.121. The second-order valence-corrected chi connectivity index (χ2v) is 4.09. The fourth-order valence-corrected chi connectivity index (χ4v) is 1.64. The number of anilines is 1. The van der Waals surface area contributed by atoms with Crippen molar-refractivity contribution in [2.45, 2.75) is 6.42 Å². The monoisotopic (exact) mass is 282 g/mol. The number of nitrogens with one attached hydrogen (secondary N) is 2. The van der Waals surface area contributed by atoms with Crippen LogP contribution >= 0.6 is 0 Å². The van der Waals surface area contributed by atoms with Crippen molar-refractivity contribution in [2.75, 3.05) is 46.3 Å². The van der Waals surface area contributed by atoms with E-state index in [-0.39, 0.29) is 5.91 Å². The summed E-state index contributed by atoms with van der Waals surface area (Å²) in [6.45, 7) is 1.56. The summed E-state index contributed by atoms with van der Waals surface area (Å²) in [7, 11) is 4.81. The molecule has 0 bridgehead atoms. The van der Waals surface area contributed by atoms with Crippen molar-refractivity contribution >= 4 is 11.6 Å². The summed E-state index contributed by atoms with van der Waals surface area (Å²) in [6, 6.07) is 5.48. The molecule has 0 fully saturated rings. The van der Waals surface area contributed by atoms with Crippen molar-refractivity contribution < 1.29 is 19.0 Å². The van der Waals surface area contributed by atoms with Crippen molar-refractivity contribution in [3.05, 3.63) is 18.2 Å². The zero-order valence-corrected chi connectivity index (χ0v) is 12.2. The van der Waals surface area contributed by atoms with Crippen LogP contribution in [0.5, 0.6) is 11.5 Å². The van der Waals surface area contributed by atoms with Crippen LogP contribution in [0.1, 0.15) is 6.42 Å². The van der Waals surface area contributed by atoms with E-state index in [2.05, 4.69) is 10.6 Å². The number of carbonyl (C=O) groups is 1. The molecule has 20 heavy (non-hydrogen) atoms. The molecule has 0 radical (unpaired) electrons. The minimum absolute atomic E-state index is 0.0172. The number of hydrogen-bond acceptors (Lipinski definition) is 5. The van der Waals surface area contributed by atoms with E-state index < -0.39 is 0 Å². The van der Waals surface area contributed by atoms with Gasteiger partial charge in [0.1, 0.15) is 11.5 Å². The van der Waals surface area contributed by atoms with Crippen LogP contribution in [0.25, 0.3) is 0 Å². The first kappa shape index (κ1) is 16.1. The molecular weight excluding hydrogens is 260 g/mol. The van der Waals surface area contributed by atoms with Crippen LogP contribution < -0.4 is 20.1 Å². The van der Waals surface area contributed by atoms with Crippen molar-refractivity contribution in [1.29, 1.82) is 0 Å². The van der Waals surface area contributed by atoms with Gasteiger partial charge in [-0.2, -0.15) is 0 Å². The third-order valence-corrected chi connectivity index (χ3v) is 2.70. The standard InChI is InChI=1S/C14H22N2O4/c1-18-9-8-16-14(17)6-7-15-12-10-11(19-2)4-5-13(12)20-3/h4-5,10,15H,6-9H2,1-3H3,(H,16,17). The fraction of sp³-hybridized carbons (Fsp3) is 0.500. The van der Waals surface area contributed by atoms with Crippen molar-refractivity contribution in [1.82, 2.24) is 5.32 Å². The summed E-state index contributed by atoms with van der Waals surface area (Å²) in [5.41, 5.74) is 0.802. The Morgan fingerprint density at radius 1 is 1.15 bits per heavy atom. The van der Waals surface area contributed by atoms with E-state index in [0.29, 0.717) is 31.9 Å². The Kier molecular flexibility index (Phi) is 7.27. The van der Waals surface area contributed by atoms with Crippen molar-refractivity contribution in [3.63, 3.8) is 0 Å². The van der Waals surface area contributed by atoms with Crippen LogP contribution in [0, 0.1) is 0 Å². The summed E-state index contributed by atoms with van der Waals surface area (Å²) in [5, 5.41) is 5.92. The van der Waals surface area contributed by atoms with E-state index in [0.717, 1.165) is 11.4 Å². The SMILES string of the molecule is COCCNC(=O)CCNc1cc(OC)ccc1OC. The summed E-state index contributed by atoms with van der Waals surface area (Å²) in [5.74, 6) is 1.43. The van der Waals surface area contributed by atoms with Crippen LogP contribution in [-0.4, -0.2) is 46.9 Å². The molecule has 0 spiro atoms. The number of rotatable bonds is 9. The molecule has 0 aliphatic carbocycles. The van der Waals surface area contributed by atoms with E-state index in [1.54, 1.807) is 21.3 Å². The second-order valence-electron chi connectivity index (χ2n) is 4.09. The van der Waals surface area contributed by atoms with Gasteiger partial charge in [0.15, 0.2) is 0 Å². The van der Waals surface area contributed by atoms with Gasteiger partial charge in [-0.15, -0.1) is 0 Å². The van der Waals surface area contributed by atoms with Crippen LogP contribution in [0.2, 0.25) is 0 Å². The number of benzene rings is 1.